The van der Waals surface area contributed by atoms with Crippen LogP contribution in [0.25, 0.3) is 11.9 Å². The number of nitrogens with two attached hydrogens (primary N) is 1. The van der Waals surface area contributed by atoms with Crippen molar-refractivity contribution in [2.45, 2.75) is 6.92 Å². The van der Waals surface area contributed by atoms with E-state index < -0.39 is 0 Å². The quantitative estimate of drug-likeness (QED) is 0.755. The molecule has 1 aliphatic heterocycles. The number of anilines is 1. The number of pyridine rings is 1. The van der Waals surface area contributed by atoms with Crippen molar-refractivity contribution in [3.8, 4) is 0 Å². The zero-order valence-electron chi connectivity index (χ0n) is 9.12. The van der Waals surface area contributed by atoms with Crippen LogP contribution in [0.1, 0.15) is 10.4 Å². The van der Waals surface area contributed by atoms with Gasteiger partial charge in [0.05, 0.1) is 16.1 Å². The van der Waals surface area contributed by atoms with Crippen molar-refractivity contribution >= 4 is 39.8 Å². The maximum Gasteiger partial charge on any atom is 0.102 e. The lowest BCUT2D eigenvalue weighted by Crippen LogP contribution is -2.32. The average Bonchev–Trinajstić information content (AvgIpc) is 2.62. The van der Waals surface area contributed by atoms with E-state index in [9.17, 15) is 0 Å². The SMILES string of the molecule is Cc1cc2c(s1)NC=c1cc(Cl)cnc1=C2N. The van der Waals surface area contributed by atoms with Gasteiger partial charge in [0.15, 0.2) is 0 Å². The predicted molar refractivity (Wildman–Crippen MR) is 72.3 cm³/mol. The van der Waals surface area contributed by atoms with E-state index in [2.05, 4.69) is 23.3 Å². The van der Waals surface area contributed by atoms with Crippen molar-refractivity contribution in [3.63, 3.8) is 0 Å². The fraction of sp³-hybridized carbons (Fsp3) is 0.0833. The summed E-state index contributed by atoms with van der Waals surface area (Å²) in [5.74, 6) is 0. The monoisotopic (exact) mass is 263 g/mol. The number of aryl methyl sites for hydroxylation is 1. The van der Waals surface area contributed by atoms with E-state index in [0.717, 1.165) is 21.1 Å². The molecule has 1 aliphatic rings. The summed E-state index contributed by atoms with van der Waals surface area (Å²) in [6.45, 7) is 2.06. The minimum atomic E-state index is 0.607. The van der Waals surface area contributed by atoms with Gasteiger partial charge in [0.2, 0.25) is 0 Å². The van der Waals surface area contributed by atoms with Gasteiger partial charge in [-0.05, 0) is 19.1 Å². The van der Waals surface area contributed by atoms with E-state index in [1.165, 1.54) is 4.88 Å². The van der Waals surface area contributed by atoms with Crippen LogP contribution >= 0.6 is 22.9 Å². The standard InChI is InChI=1S/C12H10ClN3S/c1-6-2-9-10(14)11-7(3-8(13)5-15-11)4-16-12(9)17-6/h2-5,16H,14H2,1H3. The highest BCUT2D eigenvalue weighted by Gasteiger charge is 2.12. The maximum atomic E-state index is 6.18. The van der Waals surface area contributed by atoms with Crippen LogP contribution in [0.4, 0.5) is 5.00 Å². The number of hydrogen-bond acceptors (Lipinski definition) is 4. The Morgan fingerprint density at radius 1 is 1.41 bits per heavy atom. The molecule has 2 aromatic heterocycles. The van der Waals surface area contributed by atoms with Crippen molar-refractivity contribution in [1.29, 1.82) is 0 Å². The second-order valence-electron chi connectivity index (χ2n) is 3.89. The molecule has 0 saturated heterocycles. The third kappa shape index (κ3) is 1.69. The molecule has 5 heteroatoms. The van der Waals surface area contributed by atoms with Gasteiger partial charge < -0.3 is 11.1 Å². The Bertz CT molecular complexity index is 718. The minimum absolute atomic E-state index is 0.607. The fourth-order valence-corrected chi connectivity index (χ4v) is 2.94. The molecule has 17 heavy (non-hydrogen) atoms. The first-order chi connectivity index (χ1) is 8.15. The van der Waals surface area contributed by atoms with E-state index in [1.54, 1.807) is 17.5 Å². The lowest BCUT2D eigenvalue weighted by Gasteiger charge is -1.99. The van der Waals surface area contributed by atoms with Gasteiger partial charge in [-0.15, -0.1) is 11.3 Å². The maximum absolute atomic E-state index is 6.18. The number of hydrogen-bond donors (Lipinski definition) is 2. The molecule has 0 amide bonds. The first kappa shape index (κ1) is 10.6. The Hall–Kier alpha value is -1.52. The molecule has 3 N–H and O–H groups in total. The Kier molecular flexibility index (Phi) is 2.34. The number of halogens is 1. The first-order valence-corrected chi connectivity index (χ1v) is 6.33. The number of nitrogens with zero attached hydrogens (tertiary/aromatic N) is 1. The molecule has 0 bridgehead atoms. The first-order valence-electron chi connectivity index (χ1n) is 5.14. The molecule has 3 nitrogen and oxygen atoms in total. The smallest absolute Gasteiger partial charge is 0.102 e. The normalized spacial score (nSPS) is 13.2. The van der Waals surface area contributed by atoms with Crippen LogP contribution in [0.3, 0.4) is 0 Å². The van der Waals surface area contributed by atoms with Gasteiger partial charge in [-0.2, -0.15) is 0 Å². The van der Waals surface area contributed by atoms with Crippen LogP contribution in [-0.2, 0) is 0 Å². The molecule has 0 atom stereocenters. The van der Waals surface area contributed by atoms with Crippen LogP contribution in [0.5, 0.6) is 0 Å². The molecule has 0 fully saturated rings. The second-order valence-corrected chi connectivity index (χ2v) is 5.59. The molecule has 0 saturated carbocycles. The van der Waals surface area contributed by atoms with Crippen molar-refractivity contribution in [2.75, 3.05) is 5.32 Å². The van der Waals surface area contributed by atoms with Crippen LogP contribution in [0, 0.1) is 6.92 Å². The third-order valence-electron chi connectivity index (χ3n) is 2.64. The van der Waals surface area contributed by atoms with Gasteiger partial charge in [-0.3, -0.25) is 4.98 Å². The molecule has 0 unspecified atom stereocenters. The summed E-state index contributed by atoms with van der Waals surface area (Å²) in [5, 5.41) is 6.60. The van der Waals surface area contributed by atoms with Crippen LogP contribution in [0.15, 0.2) is 18.3 Å². The number of rotatable bonds is 0. The van der Waals surface area contributed by atoms with Gasteiger partial charge in [0.1, 0.15) is 5.00 Å². The molecule has 2 aromatic rings. The summed E-state index contributed by atoms with van der Waals surface area (Å²) in [6, 6.07) is 3.93. The summed E-state index contributed by atoms with van der Waals surface area (Å²) in [6.07, 6.45) is 3.51. The predicted octanol–water partition coefficient (Wildman–Crippen LogP) is 1.38. The lowest BCUT2D eigenvalue weighted by molar-refractivity contribution is 1.20. The van der Waals surface area contributed by atoms with E-state index in [4.69, 9.17) is 17.3 Å². The second kappa shape index (κ2) is 3.75. The fourth-order valence-electron chi connectivity index (χ4n) is 1.88. The Balaban J connectivity index is 2.41. The Morgan fingerprint density at radius 3 is 3.06 bits per heavy atom. The Morgan fingerprint density at radius 2 is 2.24 bits per heavy atom. The van der Waals surface area contributed by atoms with Gasteiger partial charge >= 0.3 is 0 Å². The number of nitrogens with one attached hydrogen (secondary N) is 1. The van der Waals surface area contributed by atoms with Crippen molar-refractivity contribution in [3.05, 3.63) is 44.4 Å². The van der Waals surface area contributed by atoms with Crippen LogP contribution < -0.4 is 21.6 Å². The van der Waals surface area contributed by atoms with E-state index >= 15 is 0 Å². The largest absolute Gasteiger partial charge is 0.396 e. The topological polar surface area (TPSA) is 50.9 Å². The van der Waals surface area contributed by atoms with Gasteiger partial charge in [-0.1, -0.05) is 11.6 Å². The highest BCUT2D eigenvalue weighted by Crippen LogP contribution is 2.30. The lowest BCUT2D eigenvalue weighted by atomic mass is 10.2. The van der Waals surface area contributed by atoms with E-state index in [-0.39, 0.29) is 0 Å². The Labute approximate surface area is 107 Å². The summed E-state index contributed by atoms with van der Waals surface area (Å²) >= 11 is 7.61. The van der Waals surface area contributed by atoms with Gasteiger partial charge in [-0.25, -0.2) is 0 Å². The average molecular weight is 264 g/mol. The molecule has 0 aliphatic carbocycles. The highest BCUT2D eigenvalue weighted by molar-refractivity contribution is 7.16. The van der Waals surface area contributed by atoms with Gasteiger partial charge in [0.25, 0.3) is 0 Å². The minimum Gasteiger partial charge on any atom is -0.396 e. The van der Waals surface area contributed by atoms with Crippen molar-refractivity contribution in [2.24, 2.45) is 5.73 Å². The van der Waals surface area contributed by atoms with Crippen LogP contribution in [-0.4, -0.2) is 4.98 Å². The number of aromatic nitrogens is 1. The molecule has 3 heterocycles. The summed E-state index contributed by atoms with van der Waals surface area (Å²) in [7, 11) is 0. The highest BCUT2D eigenvalue weighted by atomic mass is 35.5. The van der Waals surface area contributed by atoms with Crippen molar-refractivity contribution in [1.82, 2.24) is 4.98 Å². The number of fused-ring (bicyclic) bond motifs is 2. The molecule has 0 aromatic carbocycles. The molecular weight excluding hydrogens is 254 g/mol. The molecule has 86 valence electrons. The zero-order valence-corrected chi connectivity index (χ0v) is 10.7. The molecule has 0 spiro atoms. The molecule has 0 radical (unpaired) electrons. The third-order valence-corrected chi connectivity index (χ3v) is 3.83. The summed E-state index contributed by atoms with van der Waals surface area (Å²) in [4.78, 5) is 5.53. The van der Waals surface area contributed by atoms with Crippen LogP contribution in [0.2, 0.25) is 5.02 Å². The van der Waals surface area contributed by atoms with Crippen molar-refractivity contribution < 1.29 is 0 Å². The van der Waals surface area contributed by atoms with Gasteiger partial charge in [0, 0.05) is 28.1 Å². The summed E-state index contributed by atoms with van der Waals surface area (Å²) < 4.78 is 0. The molecule has 3 rings (SSSR count). The summed E-state index contributed by atoms with van der Waals surface area (Å²) in [5.41, 5.74) is 7.88. The molecular formula is C12H10ClN3S. The number of thiophene rings is 1. The van der Waals surface area contributed by atoms with E-state index in [1.807, 2.05) is 12.3 Å². The zero-order chi connectivity index (χ0) is 12.0. The van der Waals surface area contributed by atoms with E-state index in [0.29, 0.717) is 10.7 Å².